The van der Waals surface area contributed by atoms with Crippen LogP contribution in [0, 0.1) is 0 Å². The van der Waals surface area contributed by atoms with Gasteiger partial charge < -0.3 is 5.32 Å². The van der Waals surface area contributed by atoms with E-state index in [1.807, 2.05) is 16.3 Å². The summed E-state index contributed by atoms with van der Waals surface area (Å²) in [6, 6.07) is 5.56. The minimum atomic E-state index is -0.0579. The maximum absolute atomic E-state index is 12.9. The standard InChI is InChI=1S/C20H25N3O2S/c24-19(21-15-8-11-26-12-9-15)14-6-7-16-17(13-14)22-18-5-3-1-2-4-10-23(18)20(16)25/h6-7,13,15H,1-5,8-12H2,(H,21,24). The van der Waals surface area contributed by atoms with Crippen molar-refractivity contribution in [2.45, 2.75) is 57.5 Å². The van der Waals surface area contributed by atoms with Crippen molar-refractivity contribution in [3.8, 4) is 0 Å². The van der Waals surface area contributed by atoms with Crippen molar-refractivity contribution in [1.29, 1.82) is 0 Å². The first-order valence-corrected chi connectivity index (χ1v) is 10.8. The van der Waals surface area contributed by atoms with Gasteiger partial charge in [0.05, 0.1) is 10.9 Å². The maximum Gasteiger partial charge on any atom is 0.261 e. The van der Waals surface area contributed by atoms with Gasteiger partial charge >= 0.3 is 0 Å². The number of rotatable bonds is 2. The van der Waals surface area contributed by atoms with E-state index in [2.05, 4.69) is 5.32 Å². The van der Waals surface area contributed by atoms with Crippen LogP contribution in [0.1, 0.15) is 54.7 Å². The van der Waals surface area contributed by atoms with Gasteiger partial charge in [0.15, 0.2) is 0 Å². The van der Waals surface area contributed by atoms with Crippen molar-refractivity contribution in [2.24, 2.45) is 0 Å². The summed E-state index contributed by atoms with van der Waals surface area (Å²) in [4.78, 5) is 30.2. The highest BCUT2D eigenvalue weighted by molar-refractivity contribution is 7.99. The summed E-state index contributed by atoms with van der Waals surface area (Å²) in [5, 5.41) is 3.74. The summed E-state index contributed by atoms with van der Waals surface area (Å²) < 4.78 is 1.83. The molecule has 0 unspecified atom stereocenters. The molecule has 1 amide bonds. The number of hydrogen-bond donors (Lipinski definition) is 1. The summed E-state index contributed by atoms with van der Waals surface area (Å²) in [7, 11) is 0. The molecular weight excluding hydrogens is 346 g/mol. The lowest BCUT2D eigenvalue weighted by Gasteiger charge is -2.22. The highest BCUT2D eigenvalue weighted by Crippen LogP contribution is 2.19. The van der Waals surface area contributed by atoms with Crippen molar-refractivity contribution >= 4 is 28.6 Å². The van der Waals surface area contributed by atoms with Gasteiger partial charge in [0.2, 0.25) is 0 Å². The van der Waals surface area contributed by atoms with Crippen molar-refractivity contribution in [1.82, 2.24) is 14.9 Å². The number of carbonyl (C=O) groups is 1. The second-order valence-electron chi connectivity index (χ2n) is 7.24. The zero-order chi connectivity index (χ0) is 17.9. The molecule has 0 spiro atoms. The zero-order valence-corrected chi connectivity index (χ0v) is 15.8. The highest BCUT2D eigenvalue weighted by Gasteiger charge is 2.18. The Balaban J connectivity index is 1.64. The molecule has 0 saturated carbocycles. The third kappa shape index (κ3) is 3.65. The van der Waals surface area contributed by atoms with E-state index in [4.69, 9.17) is 4.98 Å². The lowest BCUT2D eigenvalue weighted by Crippen LogP contribution is -2.37. The van der Waals surface area contributed by atoms with Crippen LogP contribution < -0.4 is 10.9 Å². The Morgan fingerprint density at radius 2 is 1.96 bits per heavy atom. The molecule has 1 aromatic heterocycles. The van der Waals surface area contributed by atoms with Crippen LogP contribution in [0.3, 0.4) is 0 Å². The van der Waals surface area contributed by atoms with Gasteiger partial charge in [-0.3, -0.25) is 14.2 Å². The minimum Gasteiger partial charge on any atom is -0.349 e. The van der Waals surface area contributed by atoms with Crippen LogP contribution in [0.15, 0.2) is 23.0 Å². The van der Waals surface area contributed by atoms with Gasteiger partial charge in [-0.05, 0) is 55.4 Å². The van der Waals surface area contributed by atoms with Crippen LogP contribution in [0.4, 0.5) is 0 Å². The summed E-state index contributed by atoms with van der Waals surface area (Å²) in [6.07, 6.45) is 7.34. The molecule has 2 aliphatic rings. The second kappa shape index (κ2) is 7.82. The van der Waals surface area contributed by atoms with Crippen LogP contribution in [0.5, 0.6) is 0 Å². The number of benzene rings is 1. The average Bonchev–Trinajstić information content (AvgIpc) is 2.64. The lowest BCUT2D eigenvalue weighted by atomic mass is 10.1. The highest BCUT2D eigenvalue weighted by atomic mass is 32.2. The number of thioether (sulfide) groups is 1. The maximum atomic E-state index is 12.9. The van der Waals surface area contributed by atoms with Crippen molar-refractivity contribution < 1.29 is 4.79 Å². The summed E-state index contributed by atoms with van der Waals surface area (Å²) in [5.41, 5.74) is 1.27. The predicted molar refractivity (Wildman–Crippen MR) is 106 cm³/mol. The summed E-state index contributed by atoms with van der Waals surface area (Å²) in [6.45, 7) is 0.749. The molecule has 138 valence electrons. The Labute approximate surface area is 157 Å². The van der Waals surface area contributed by atoms with Gasteiger partial charge in [0.25, 0.3) is 11.5 Å². The fourth-order valence-electron chi connectivity index (χ4n) is 3.85. The molecule has 1 saturated heterocycles. The molecular formula is C20H25N3O2S. The van der Waals surface area contributed by atoms with E-state index in [0.29, 0.717) is 16.5 Å². The first kappa shape index (κ1) is 17.6. The minimum absolute atomic E-state index is 0.0307. The van der Waals surface area contributed by atoms with E-state index in [9.17, 15) is 9.59 Å². The third-order valence-corrected chi connectivity index (χ3v) is 6.43. The number of fused-ring (bicyclic) bond motifs is 2. The monoisotopic (exact) mass is 371 g/mol. The number of amides is 1. The molecule has 0 aliphatic carbocycles. The molecule has 5 nitrogen and oxygen atoms in total. The molecule has 26 heavy (non-hydrogen) atoms. The van der Waals surface area contributed by atoms with E-state index in [0.717, 1.165) is 56.0 Å². The van der Waals surface area contributed by atoms with Gasteiger partial charge in [0, 0.05) is 24.6 Å². The van der Waals surface area contributed by atoms with Crippen LogP contribution >= 0.6 is 11.8 Å². The van der Waals surface area contributed by atoms with E-state index in [1.54, 1.807) is 18.2 Å². The van der Waals surface area contributed by atoms with Gasteiger partial charge in [-0.15, -0.1) is 0 Å². The molecule has 3 heterocycles. The topological polar surface area (TPSA) is 64.0 Å². The Kier molecular flexibility index (Phi) is 5.29. The van der Waals surface area contributed by atoms with Gasteiger partial charge in [-0.2, -0.15) is 11.8 Å². The Hall–Kier alpha value is -1.82. The number of nitrogens with one attached hydrogen (secondary N) is 1. The molecule has 2 aromatic rings. The smallest absolute Gasteiger partial charge is 0.261 e. The van der Waals surface area contributed by atoms with Crippen LogP contribution in [-0.4, -0.2) is 33.0 Å². The molecule has 1 fully saturated rings. The van der Waals surface area contributed by atoms with Gasteiger partial charge in [-0.1, -0.05) is 12.8 Å². The lowest BCUT2D eigenvalue weighted by molar-refractivity contribution is 0.0935. The normalized spacial score (nSPS) is 18.8. The van der Waals surface area contributed by atoms with E-state index >= 15 is 0 Å². The quantitative estimate of drug-likeness (QED) is 0.881. The number of carbonyl (C=O) groups excluding carboxylic acids is 1. The molecule has 6 heteroatoms. The van der Waals surface area contributed by atoms with E-state index < -0.39 is 0 Å². The first-order valence-electron chi connectivity index (χ1n) is 9.64. The fourth-order valence-corrected chi connectivity index (χ4v) is 4.95. The molecule has 2 aliphatic heterocycles. The molecule has 0 atom stereocenters. The molecule has 0 radical (unpaired) electrons. The van der Waals surface area contributed by atoms with Crippen molar-refractivity contribution in [2.75, 3.05) is 11.5 Å². The second-order valence-corrected chi connectivity index (χ2v) is 8.47. The number of nitrogens with zero attached hydrogens (tertiary/aromatic N) is 2. The Bertz CT molecular complexity index is 871. The molecule has 1 N–H and O–H groups in total. The Morgan fingerprint density at radius 1 is 1.15 bits per heavy atom. The first-order chi connectivity index (χ1) is 12.7. The van der Waals surface area contributed by atoms with Crippen LogP contribution in [-0.2, 0) is 13.0 Å². The fraction of sp³-hybridized carbons (Fsp3) is 0.550. The van der Waals surface area contributed by atoms with E-state index in [1.165, 1.54) is 12.8 Å². The van der Waals surface area contributed by atoms with Crippen molar-refractivity contribution in [3.63, 3.8) is 0 Å². The van der Waals surface area contributed by atoms with Crippen LogP contribution in [0.25, 0.3) is 10.9 Å². The SMILES string of the molecule is O=C(NC1CCSCC1)c1ccc2c(=O)n3c(nc2c1)CCCCCC3. The largest absolute Gasteiger partial charge is 0.349 e. The third-order valence-electron chi connectivity index (χ3n) is 5.39. The van der Waals surface area contributed by atoms with E-state index in [-0.39, 0.29) is 17.5 Å². The average molecular weight is 372 g/mol. The summed E-state index contributed by atoms with van der Waals surface area (Å²) in [5.74, 6) is 3.02. The number of hydrogen-bond acceptors (Lipinski definition) is 4. The zero-order valence-electron chi connectivity index (χ0n) is 15.0. The van der Waals surface area contributed by atoms with Crippen LogP contribution in [0.2, 0.25) is 0 Å². The predicted octanol–water partition coefficient (Wildman–Crippen LogP) is 3.14. The van der Waals surface area contributed by atoms with Crippen molar-refractivity contribution in [3.05, 3.63) is 39.9 Å². The number of aryl methyl sites for hydroxylation is 1. The molecule has 0 bridgehead atoms. The molecule has 4 rings (SSSR count). The van der Waals surface area contributed by atoms with Gasteiger partial charge in [0.1, 0.15) is 5.82 Å². The Morgan fingerprint density at radius 3 is 2.81 bits per heavy atom. The van der Waals surface area contributed by atoms with Gasteiger partial charge in [-0.25, -0.2) is 4.98 Å². The number of aromatic nitrogens is 2. The summed E-state index contributed by atoms with van der Waals surface area (Å²) >= 11 is 1.94. The molecule has 1 aromatic carbocycles.